The molecular formula is C17H18F4N6O. The van der Waals surface area contributed by atoms with Crippen LogP contribution in [0.4, 0.5) is 23.2 Å². The predicted octanol–water partition coefficient (Wildman–Crippen LogP) is 3.78. The molecule has 3 rings (SSSR count). The number of carbonyl (C=O) groups is 1. The van der Waals surface area contributed by atoms with Gasteiger partial charge in [-0.2, -0.15) is 10.2 Å². The van der Waals surface area contributed by atoms with E-state index in [4.69, 9.17) is 0 Å². The molecule has 0 atom stereocenters. The molecule has 0 radical (unpaired) electrons. The van der Waals surface area contributed by atoms with Gasteiger partial charge < -0.3 is 5.32 Å². The molecule has 0 aliphatic rings. The van der Waals surface area contributed by atoms with Gasteiger partial charge in [-0.1, -0.05) is 0 Å². The highest BCUT2D eigenvalue weighted by molar-refractivity contribution is 5.92. The van der Waals surface area contributed by atoms with Crippen molar-refractivity contribution in [3.63, 3.8) is 0 Å². The van der Waals surface area contributed by atoms with Crippen molar-refractivity contribution in [1.82, 2.24) is 24.5 Å². The van der Waals surface area contributed by atoms with Crippen molar-refractivity contribution in [2.45, 2.75) is 46.7 Å². The van der Waals surface area contributed by atoms with E-state index >= 15 is 0 Å². The summed E-state index contributed by atoms with van der Waals surface area (Å²) in [6.45, 7) is 5.40. The van der Waals surface area contributed by atoms with Crippen LogP contribution in [0.1, 0.15) is 42.4 Å². The summed E-state index contributed by atoms with van der Waals surface area (Å²) in [5.74, 6) is -0.508. The highest BCUT2D eigenvalue weighted by atomic mass is 19.3. The number of nitrogens with zero attached hydrogens (tertiary/aromatic N) is 5. The molecule has 0 unspecified atom stereocenters. The Morgan fingerprint density at radius 2 is 1.89 bits per heavy atom. The molecule has 28 heavy (non-hydrogen) atoms. The van der Waals surface area contributed by atoms with Crippen molar-refractivity contribution >= 4 is 22.6 Å². The molecule has 0 saturated heterocycles. The molecule has 0 aromatic carbocycles. The minimum atomic E-state index is -3.03. The average molecular weight is 398 g/mol. The first-order valence-electron chi connectivity index (χ1n) is 8.49. The molecule has 1 N–H and O–H groups in total. The zero-order chi connectivity index (χ0) is 20.6. The van der Waals surface area contributed by atoms with Gasteiger partial charge in [0.2, 0.25) is 5.91 Å². The van der Waals surface area contributed by atoms with Crippen LogP contribution in [-0.2, 0) is 17.9 Å². The lowest BCUT2D eigenvalue weighted by molar-refractivity contribution is -0.116. The minimum Gasteiger partial charge on any atom is -0.322 e. The monoisotopic (exact) mass is 398 g/mol. The number of aromatic nitrogens is 5. The van der Waals surface area contributed by atoms with Crippen LogP contribution in [0.15, 0.2) is 12.3 Å². The molecule has 0 aliphatic carbocycles. The molecule has 3 heterocycles. The predicted molar refractivity (Wildman–Crippen MR) is 93.4 cm³/mol. The van der Waals surface area contributed by atoms with E-state index in [-0.39, 0.29) is 23.3 Å². The smallest absolute Gasteiger partial charge is 0.280 e. The molecule has 0 saturated carbocycles. The van der Waals surface area contributed by atoms with E-state index in [1.807, 2.05) is 6.92 Å². The van der Waals surface area contributed by atoms with Crippen LogP contribution in [0.5, 0.6) is 0 Å². The van der Waals surface area contributed by atoms with Gasteiger partial charge in [0.1, 0.15) is 12.2 Å². The molecule has 150 valence electrons. The molecule has 3 aromatic rings. The number of hydrogen-bond donors (Lipinski definition) is 1. The lowest BCUT2D eigenvalue weighted by atomic mass is 10.1. The van der Waals surface area contributed by atoms with Crippen molar-refractivity contribution in [3.8, 4) is 0 Å². The lowest BCUT2D eigenvalue weighted by Crippen LogP contribution is -2.20. The van der Waals surface area contributed by atoms with E-state index in [0.717, 1.165) is 10.4 Å². The lowest BCUT2D eigenvalue weighted by Gasteiger charge is -2.08. The number of alkyl halides is 4. The molecule has 0 fully saturated rings. The van der Waals surface area contributed by atoms with Crippen LogP contribution >= 0.6 is 0 Å². The molecular weight excluding hydrogens is 380 g/mol. The Morgan fingerprint density at radius 1 is 1.18 bits per heavy atom. The second-order valence-electron chi connectivity index (χ2n) is 6.19. The number of halogens is 4. The van der Waals surface area contributed by atoms with Crippen LogP contribution < -0.4 is 5.32 Å². The van der Waals surface area contributed by atoms with Gasteiger partial charge in [0, 0.05) is 12.1 Å². The summed E-state index contributed by atoms with van der Waals surface area (Å²) in [5, 5.41) is 10.8. The van der Waals surface area contributed by atoms with Crippen molar-refractivity contribution in [3.05, 3.63) is 34.9 Å². The van der Waals surface area contributed by atoms with Crippen LogP contribution in [0.3, 0.4) is 0 Å². The van der Waals surface area contributed by atoms with Crippen LogP contribution in [0.2, 0.25) is 0 Å². The fourth-order valence-corrected chi connectivity index (χ4v) is 3.01. The number of rotatable bonds is 6. The third kappa shape index (κ3) is 3.56. The maximum absolute atomic E-state index is 13.4. The van der Waals surface area contributed by atoms with Crippen LogP contribution in [-0.4, -0.2) is 30.5 Å². The van der Waals surface area contributed by atoms with Crippen molar-refractivity contribution in [1.29, 1.82) is 0 Å². The second-order valence-corrected chi connectivity index (χ2v) is 6.19. The summed E-state index contributed by atoms with van der Waals surface area (Å²) in [5.41, 5.74) is -0.123. The maximum atomic E-state index is 13.4. The van der Waals surface area contributed by atoms with Crippen molar-refractivity contribution in [2.75, 3.05) is 5.32 Å². The Hall–Kier alpha value is -2.98. The standard InChI is InChI=1S/C17H18F4N6O/c1-4-26-9(3)12(6-22-26)23-13(28)7-27-17-14(8(2)25-27)10(15(18)19)5-11(24-17)16(20)21/h5-6,15-16H,4,7H2,1-3H3,(H,23,28). The summed E-state index contributed by atoms with van der Waals surface area (Å²) >= 11 is 0. The normalized spacial score (nSPS) is 11.8. The van der Waals surface area contributed by atoms with E-state index in [9.17, 15) is 22.4 Å². The van der Waals surface area contributed by atoms with E-state index < -0.39 is 30.0 Å². The van der Waals surface area contributed by atoms with Crippen molar-refractivity contribution < 1.29 is 22.4 Å². The number of anilines is 1. The first-order chi connectivity index (χ1) is 13.2. The number of amides is 1. The number of carbonyl (C=O) groups excluding carboxylic acids is 1. The fraction of sp³-hybridized carbons (Fsp3) is 0.412. The van der Waals surface area contributed by atoms with Gasteiger partial charge in [0.05, 0.1) is 28.7 Å². The number of aryl methyl sites for hydroxylation is 2. The quantitative estimate of drug-likeness (QED) is 0.641. The van der Waals surface area contributed by atoms with Gasteiger partial charge in [-0.3, -0.25) is 9.48 Å². The van der Waals surface area contributed by atoms with Gasteiger partial charge in [0.25, 0.3) is 12.9 Å². The van der Waals surface area contributed by atoms with E-state index in [1.54, 1.807) is 11.6 Å². The SMILES string of the molecule is CCn1ncc(NC(=O)Cn2nc(C)c3c(C(F)F)cc(C(F)F)nc32)c1C. The average Bonchev–Trinajstić information content (AvgIpc) is 3.14. The molecule has 7 nitrogen and oxygen atoms in total. The zero-order valence-corrected chi connectivity index (χ0v) is 15.4. The third-order valence-corrected chi connectivity index (χ3v) is 4.36. The highest BCUT2D eigenvalue weighted by Crippen LogP contribution is 2.32. The number of fused-ring (bicyclic) bond motifs is 1. The number of pyridine rings is 1. The Labute approximate surface area is 157 Å². The molecule has 11 heteroatoms. The van der Waals surface area contributed by atoms with E-state index in [2.05, 4.69) is 20.5 Å². The van der Waals surface area contributed by atoms with Gasteiger partial charge >= 0.3 is 0 Å². The molecule has 1 amide bonds. The topological polar surface area (TPSA) is 77.6 Å². The maximum Gasteiger partial charge on any atom is 0.280 e. The second kappa shape index (κ2) is 7.56. The fourth-order valence-electron chi connectivity index (χ4n) is 3.01. The molecule has 0 bridgehead atoms. The Kier molecular flexibility index (Phi) is 5.34. The van der Waals surface area contributed by atoms with Crippen molar-refractivity contribution in [2.24, 2.45) is 0 Å². The highest BCUT2D eigenvalue weighted by Gasteiger charge is 2.24. The molecule has 0 aliphatic heterocycles. The summed E-state index contributed by atoms with van der Waals surface area (Å²) in [6, 6.07) is 0.680. The largest absolute Gasteiger partial charge is 0.322 e. The first-order valence-corrected chi connectivity index (χ1v) is 8.49. The summed E-state index contributed by atoms with van der Waals surface area (Å²) in [6.07, 6.45) is -4.51. The number of hydrogen-bond acceptors (Lipinski definition) is 4. The van der Waals surface area contributed by atoms with Gasteiger partial charge in [-0.25, -0.2) is 27.2 Å². The summed E-state index contributed by atoms with van der Waals surface area (Å²) < 4.78 is 55.6. The molecule has 0 spiro atoms. The van der Waals surface area contributed by atoms with Crippen LogP contribution in [0, 0.1) is 13.8 Å². The zero-order valence-electron chi connectivity index (χ0n) is 15.4. The van der Waals surface area contributed by atoms with E-state index in [0.29, 0.717) is 18.3 Å². The Morgan fingerprint density at radius 3 is 2.46 bits per heavy atom. The summed E-state index contributed by atoms with van der Waals surface area (Å²) in [7, 11) is 0. The first kappa shape index (κ1) is 19.8. The van der Waals surface area contributed by atoms with Gasteiger partial charge in [-0.05, 0) is 26.8 Å². The number of nitrogens with one attached hydrogen (secondary N) is 1. The third-order valence-electron chi connectivity index (χ3n) is 4.36. The van der Waals surface area contributed by atoms with Crippen LogP contribution in [0.25, 0.3) is 11.0 Å². The Balaban J connectivity index is 1.96. The summed E-state index contributed by atoms with van der Waals surface area (Å²) in [4.78, 5) is 16.1. The van der Waals surface area contributed by atoms with E-state index in [1.165, 1.54) is 13.1 Å². The van der Waals surface area contributed by atoms with Gasteiger partial charge in [0.15, 0.2) is 5.65 Å². The molecule has 3 aromatic heterocycles. The van der Waals surface area contributed by atoms with Gasteiger partial charge in [-0.15, -0.1) is 0 Å². The minimum absolute atomic E-state index is 0.0258. The Bertz CT molecular complexity index is 1030.